The molecule has 1 heterocycles. The van der Waals surface area contributed by atoms with Crippen molar-refractivity contribution in [2.24, 2.45) is 5.73 Å². The van der Waals surface area contributed by atoms with Gasteiger partial charge in [0.1, 0.15) is 5.82 Å². The Bertz CT molecular complexity index is 611. The Kier molecular flexibility index (Phi) is 3.54. The Hall–Kier alpha value is -1.99. The number of amides is 2. The van der Waals surface area contributed by atoms with Gasteiger partial charge < -0.3 is 5.73 Å². The van der Waals surface area contributed by atoms with Crippen LogP contribution in [0.15, 0.2) is 24.3 Å². The molecule has 0 aliphatic rings. The molecule has 0 radical (unpaired) electrons. The normalized spacial score (nSPS) is 10.5. The Morgan fingerprint density at radius 1 is 1.44 bits per heavy atom. The van der Waals surface area contributed by atoms with E-state index in [-0.39, 0.29) is 5.82 Å². The SMILES string of the molecule is NC(=O)CONC(=O)c1cc2c(F)cccc2s1. The standard InChI is InChI=1S/C11H9FN2O3S/c12-7-2-1-3-8-6(7)4-9(18-8)11(16)14-17-5-10(13)15/h1-4H,5H2,(H2,13,15)(H,14,16). The minimum absolute atomic E-state index is 0.291. The van der Waals surface area contributed by atoms with Crippen LogP contribution in [0.4, 0.5) is 4.39 Å². The minimum Gasteiger partial charge on any atom is -0.368 e. The molecule has 2 amide bonds. The quantitative estimate of drug-likeness (QED) is 0.817. The number of fused-ring (bicyclic) bond motifs is 1. The van der Waals surface area contributed by atoms with Crippen LogP contribution in [0.3, 0.4) is 0 Å². The van der Waals surface area contributed by atoms with Crippen molar-refractivity contribution in [1.29, 1.82) is 0 Å². The van der Waals surface area contributed by atoms with Crippen LogP contribution in [0.5, 0.6) is 0 Å². The third-order valence-corrected chi connectivity index (χ3v) is 3.21. The van der Waals surface area contributed by atoms with E-state index in [1.807, 2.05) is 0 Å². The minimum atomic E-state index is -0.697. The molecule has 0 spiro atoms. The molecule has 0 aliphatic carbocycles. The molecule has 18 heavy (non-hydrogen) atoms. The number of benzene rings is 1. The van der Waals surface area contributed by atoms with E-state index >= 15 is 0 Å². The van der Waals surface area contributed by atoms with Crippen LogP contribution in [-0.4, -0.2) is 18.4 Å². The topological polar surface area (TPSA) is 81.4 Å². The zero-order valence-corrected chi connectivity index (χ0v) is 9.92. The molecule has 1 aromatic carbocycles. The summed E-state index contributed by atoms with van der Waals surface area (Å²) in [4.78, 5) is 26.9. The van der Waals surface area contributed by atoms with Crippen LogP contribution in [0, 0.1) is 5.82 Å². The van der Waals surface area contributed by atoms with Gasteiger partial charge in [-0.25, -0.2) is 9.87 Å². The highest BCUT2D eigenvalue weighted by molar-refractivity contribution is 7.20. The molecule has 0 fully saturated rings. The lowest BCUT2D eigenvalue weighted by molar-refractivity contribution is -0.124. The third kappa shape index (κ3) is 2.63. The summed E-state index contributed by atoms with van der Waals surface area (Å²) in [6.07, 6.45) is 0. The lowest BCUT2D eigenvalue weighted by Gasteiger charge is -2.00. The summed E-state index contributed by atoms with van der Waals surface area (Å²) >= 11 is 1.13. The third-order valence-electron chi connectivity index (χ3n) is 2.11. The molecule has 0 unspecified atom stereocenters. The lowest BCUT2D eigenvalue weighted by atomic mass is 10.2. The van der Waals surface area contributed by atoms with Crippen molar-refractivity contribution in [3.63, 3.8) is 0 Å². The van der Waals surface area contributed by atoms with Crippen molar-refractivity contribution in [3.05, 3.63) is 35.0 Å². The highest BCUT2D eigenvalue weighted by atomic mass is 32.1. The van der Waals surface area contributed by atoms with Crippen molar-refractivity contribution in [3.8, 4) is 0 Å². The summed E-state index contributed by atoms with van der Waals surface area (Å²) in [5, 5.41) is 0.377. The zero-order chi connectivity index (χ0) is 13.1. The van der Waals surface area contributed by atoms with Gasteiger partial charge in [-0.2, -0.15) is 0 Å². The smallest absolute Gasteiger partial charge is 0.284 e. The predicted molar refractivity (Wildman–Crippen MR) is 64.4 cm³/mol. The maximum absolute atomic E-state index is 13.4. The first-order chi connectivity index (χ1) is 8.58. The second-order valence-electron chi connectivity index (χ2n) is 3.45. The fourth-order valence-electron chi connectivity index (χ4n) is 1.36. The number of carbonyl (C=O) groups excluding carboxylic acids is 2. The molecule has 94 valence electrons. The summed E-state index contributed by atoms with van der Waals surface area (Å²) in [7, 11) is 0. The molecule has 3 N–H and O–H groups in total. The Morgan fingerprint density at radius 2 is 2.22 bits per heavy atom. The number of carbonyl (C=O) groups is 2. The van der Waals surface area contributed by atoms with Gasteiger partial charge in [0.25, 0.3) is 5.91 Å². The van der Waals surface area contributed by atoms with Gasteiger partial charge in [0.05, 0.1) is 4.88 Å². The van der Waals surface area contributed by atoms with Crippen LogP contribution < -0.4 is 11.2 Å². The summed E-state index contributed by atoms with van der Waals surface area (Å²) in [6.45, 7) is -0.412. The molecular weight excluding hydrogens is 259 g/mol. The number of primary amides is 1. The first-order valence-corrected chi connectivity index (χ1v) is 5.78. The summed E-state index contributed by atoms with van der Waals surface area (Å²) < 4.78 is 14.1. The maximum atomic E-state index is 13.4. The molecule has 0 bridgehead atoms. The van der Waals surface area contributed by atoms with Crippen molar-refractivity contribution in [2.75, 3.05) is 6.61 Å². The average Bonchev–Trinajstić information content (AvgIpc) is 2.74. The lowest BCUT2D eigenvalue weighted by Crippen LogP contribution is -2.28. The van der Waals surface area contributed by atoms with Gasteiger partial charge in [-0.05, 0) is 18.2 Å². The van der Waals surface area contributed by atoms with Gasteiger partial charge >= 0.3 is 0 Å². The number of rotatable bonds is 4. The molecule has 0 saturated heterocycles. The monoisotopic (exact) mass is 268 g/mol. The zero-order valence-electron chi connectivity index (χ0n) is 9.10. The first kappa shape index (κ1) is 12.5. The molecule has 7 heteroatoms. The highest BCUT2D eigenvalue weighted by Gasteiger charge is 2.12. The van der Waals surface area contributed by atoms with Crippen molar-refractivity contribution < 1.29 is 18.8 Å². The molecule has 1 aromatic heterocycles. The van der Waals surface area contributed by atoms with Gasteiger partial charge in [0.2, 0.25) is 5.91 Å². The second kappa shape index (κ2) is 5.11. The predicted octanol–water partition coefficient (Wildman–Crippen LogP) is 1.19. The first-order valence-electron chi connectivity index (χ1n) is 4.96. The van der Waals surface area contributed by atoms with Crippen molar-refractivity contribution in [1.82, 2.24) is 5.48 Å². The van der Waals surface area contributed by atoms with Gasteiger partial charge in [-0.3, -0.25) is 14.4 Å². The molecule has 2 rings (SSSR count). The molecule has 0 aliphatic heterocycles. The number of nitrogens with one attached hydrogen (secondary N) is 1. The van der Waals surface area contributed by atoms with E-state index < -0.39 is 18.4 Å². The highest BCUT2D eigenvalue weighted by Crippen LogP contribution is 2.27. The fourth-order valence-corrected chi connectivity index (χ4v) is 2.32. The second-order valence-corrected chi connectivity index (χ2v) is 4.53. The average molecular weight is 268 g/mol. The van der Waals surface area contributed by atoms with Crippen LogP contribution in [0.25, 0.3) is 10.1 Å². The van der Waals surface area contributed by atoms with Crippen LogP contribution in [-0.2, 0) is 9.63 Å². The number of hydrogen-bond acceptors (Lipinski definition) is 4. The van der Waals surface area contributed by atoms with E-state index in [0.717, 1.165) is 11.3 Å². The maximum Gasteiger partial charge on any atom is 0.284 e. The van der Waals surface area contributed by atoms with Crippen LogP contribution >= 0.6 is 11.3 Å². The van der Waals surface area contributed by atoms with Gasteiger partial charge in [0, 0.05) is 10.1 Å². The summed E-state index contributed by atoms with van der Waals surface area (Å²) in [6, 6.07) is 6.03. The number of nitrogens with two attached hydrogens (primary N) is 1. The van der Waals surface area contributed by atoms with Gasteiger partial charge in [0.15, 0.2) is 6.61 Å². The van der Waals surface area contributed by atoms with Crippen LogP contribution in [0.2, 0.25) is 0 Å². The number of hydrogen-bond donors (Lipinski definition) is 2. The molecule has 0 saturated carbocycles. The van der Waals surface area contributed by atoms with E-state index in [9.17, 15) is 14.0 Å². The summed E-state index contributed by atoms with van der Waals surface area (Å²) in [5.74, 6) is -1.63. The molecule has 2 aromatic rings. The van der Waals surface area contributed by atoms with E-state index in [0.29, 0.717) is 15.0 Å². The molecule has 5 nitrogen and oxygen atoms in total. The Morgan fingerprint density at radius 3 is 2.89 bits per heavy atom. The van der Waals surface area contributed by atoms with E-state index in [2.05, 4.69) is 10.3 Å². The van der Waals surface area contributed by atoms with Crippen LogP contribution in [0.1, 0.15) is 9.67 Å². The van der Waals surface area contributed by atoms with Crippen molar-refractivity contribution >= 4 is 33.2 Å². The summed E-state index contributed by atoms with van der Waals surface area (Å²) in [5.41, 5.74) is 6.90. The van der Waals surface area contributed by atoms with E-state index in [4.69, 9.17) is 5.73 Å². The number of thiophene rings is 1. The van der Waals surface area contributed by atoms with E-state index in [1.165, 1.54) is 12.1 Å². The Balaban J connectivity index is 2.13. The Labute approximate surface area is 105 Å². The molecule has 0 atom stereocenters. The fraction of sp³-hybridized carbons (Fsp3) is 0.0909. The van der Waals surface area contributed by atoms with Crippen molar-refractivity contribution in [2.45, 2.75) is 0 Å². The molecular formula is C11H9FN2O3S. The number of hydroxylamine groups is 1. The number of halogens is 1. The largest absolute Gasteiger partial charge is 0.368 e. The van der Waals surface area contributed by atoms with E-state index in [1.54, 1.807) is 12.1 Å². The van der Waals surface area contributed by atoms with Gasteiger partial charge in [-0.1, -0.05) is 6.07 Å². The van der Waals surface area contributed by atoms with Gasteiger partial charge in [-0.15, -0.1) is 11.3 Å².